The molecule has 1 aromatic carbocycles. The molecule has 1 amide bonds. The van der Waals surface area contributed by atoms with Crippen LogP contribution in [-0.4, -0.2) is 70.1 Å². The van der Waals surface area contributed by atoms with Crippen molar-refractivity contribution in [3.63, 3.8) is 0 Å². The molecule has 2 aromatic heterocycles. The number of aliphatic hydroxyl groups is 1. The highest BCUT2D eigenvalue weighted by atomic mass is 35.5. The van der Waals surface area contributed by atoms with E-state index in [9.17, 15) is 9.90 Å². The molecular weight excluding hydrogens is 584 g/mol. The van der Waals surface area contributed by atoms with Crippen LogP contribution >= 0.6 is 46.4 Å². The lowest BCUT2D eigenvalue weighted by Gasteiger charge is -2.39. The fourth-order valence-electron chi connectivity index (χ4n) is 5.64. The normalized spacial score (nSPS) is 24.2. The van der Waals surface area contributed by atoms with Crippen LogP contribution in [0.5, 0.6) is 0 Å². The van der Waals surface area contributed by atoms with Gasteiger partial charge >= 0.3 is 0 Å². The summed E-state index contributed by atoms with van der Waals surface area (Å²) in [4.78, 5) is 15.7. The van der Waals surface area contributed by atoms with Gasteiger partial charge in [-0.25, -0.2) is 0 Å². The molecule has 2 aliphatic heterocycles. The van der Waals surface area contributed by atoms with Gasteiger partial charge in [-0.1, -0.05) is 40.9 Å². The van der Waals surface area contributed by atoms with E-state index in [1.807, 2.05) is 12.1 Å². The molecule has 2 unspecified atom stereocenters. The topological polar surface area (TPSA) is 95.6 Å². The second-order valence-corrected chi connectivity index (χ2v) is 11.9. The van der Waals surface area contributed by atoms with Gasteiger partial charge in [0.25, 0.3) is 5.91 Å². The van der Waals surface area contributed by atoms with Crippen LogP contribution < -0.4 is 10.6 Å². The summed E-state index contributed by atoms with van der Waals surface area (Å²) in [6, 6.07) is 7.24. The number of amides is 1. The Morgan fingerprint density at radius 3 is 2.74 bits per heavy atom. The quantitative estimate of drug-likeness (QED) is 0.331. The van der Waals surface area contributed by atoms with Crippen LogP contribution in [0.1, 0.15) is 47.7 Å². The van der Waals surface area contributed by atoms with E-state index < -0.39 is 0 Å². The van der Waals surface area contributed by atoms with E-state index >= 15 is 0 Å². The number of nitrogens with one attached hydrogen (secondary N) is 2. The highest BCUT2D eigenvalue weighted by Crippen LogP contribution is 2.36. The average molecular weight is 615 g/mol. The minimum atomic E-state index is -0.376. The Hall–Kier alpha value is -1.78. The van der Waals surface area contributed by atoms with Gasteiger partial charge in [-0.15, -0.1) is 0 Å². The number of carbonyl (C=O) groups is 1. The number of piperidine rings is 2. The number of aromatic nitrogens is 2. The van der Waals surface area contributed by atoms with Gasteiger partial charge in [0, 0.05) is 44.2 Å². The van der Waals surface area contributed by atoms with Crippen molar-refractivity contribution in [2.75, 3.05) is 26.2 Å². The van der Waals surface area contributed by atoms with Gasteiger partial charge in [0.2, 0.25) is 5.22 Å². The summed E-state index contributed by atoms with van der Waals surface area (Å²) in [5.74, 6) is -0.289. The maximum atomic E-state index is 13.3. The molecule has 3 aromatic rings. The summed E-state index contributed by atoms with van der Waals surface area (Å²) in [7, 11) is 1.74. The smallest absolute Gasteiger partial charge is 0.287 e. The number of hydrogen-bond acceptors (Lipinski definition) is 6. The molecule has 5 rings (SSSR count). The van der Waals surface area contributed by atoms with Crippen molar-refractivity contribution < 1.29 is 14.3 Å². The monoisotopic (exact) mass is 613 g/mol. The van der Waals surface area contributed by atoms with Crippen molar-refractivity contribution in [1.29, 1.82) is 0 Å². The Bertz CT molecular complexity index is 1310. The molecule has 0 radical (unpaired) electrons. The number of likely N-dealkylation sites (tertiary alicyclic amines) is 1. The van der Waals surface area contributed by atoms with Gasteiger partial charge in [-0.3, -0.25) is 9.48 Å². The van der Waals surface area contributed by atoms with E-state index in [2.05, 4.69) is 20.6 Å². The summed E-state index contributed by atoms with van der Waals surface area (Å²) in [5, 5.41) is 22.3. The summed E-state index contributed by atoms with van der Waals surface area (Å²) in [5.41, 5.74) is 2.08. The molecule has 12 heteroatoms. The van der Waals surface area contributed by atoms with E-state index in [1.165, 1.54) is 6.20 Å². The van der Waals surface area contributed by atoms with E-state index in [0.717, 1.165) is 50.9 Å². The lowest BCUT2D eigenvalue weighted by molar-refractivity contribution is 0.0673. The van der Waals surface area contributed by atoms with Crippen molar-refractivity contribution in [2.45, 2.75) is 49.8 Å². The molecule has 0 aliphatic carbocycles. The molecule has 0 bridgehead atoms. The number of β-amino-alcohol motifs (C(OH)–C–C–N with tert-alkyl or cyclic N) is 1. The Morgan fingerprint density at radius 1 is 1.21 bits per heavy atom. The maximum Gasteiger partial charge on any atom is 0.287 e. The first-order valence-corrected chi connectivity index (χ1v) is 14.6. The molecular formula is C27H31Cl4N5O3. The van der Waals surface area contributed by atoms with Crippen LogP contribution in [0.15, 0.2) is 34.9 Å². The highest BCUT2D eigenvalue weighted by molar-refractivity contribution is 6.42. The van der Waals surface area contributed by atoms with Crippen LogP contribution in [-0.2, 0) is 7.05 Å². The van der Waals surface area contributed by atoms with Gasteiger partial charge in [-0.2, -0.15) is 5.10 Å². The van der Waals surface area contributed by atoms with Gasteiger partial charge in [0.1, 0.15) is 0 Å². The van der Waals surface area contributed by atoms with E-state index in [-0.39, 0.29) is 41.0 Å². The van der Waals surface area contributed by atoms with Gasteiger partial charge < -0.3 is 25.1 Å². The summed E-state index contributed by atoms with van der Waals surface area (Å²) < 4.78 is 7.21. The van der Waals surface area contributed by atoms with Crippen molar-refractivity contribution >= 4 is 52.3 Å². The lowest BCUT2D eigenvalue weighted by Crippen LogP contribution is -2.54. The number of rotatable bonds is 7. The number of aryl methyl sites for hydroxylation is 1. The largest absolute Gasteiger partial charge is 0.439 e. The molecule has 0 saturated carbocycles. The number of nitrogens with zero attached hydrogens (tertiary/aromatic N) is 3. The Labute approximate surface area is 247 Å². The first-order valence-electron chi connectivity index (χ1n) is 13.1. The zero-order valence-corrected chi connectivity index (χ0v) is 24.5. The Kier molecular flexibility index (Phi) is 9.13. The molecule has 4 atom stereocenters. The molecule has 2 saturated heterocycles. The van der Waals surface area contributed by atoms with Crippen LogP contribution in [0.3, 0.4) is 0 Å². The Morgan fingerprint density at radius 2 is 2.03 bits per heavy atom. The zero-order valence-electron chi connectivity index (χ0n) is 21.5. The summed E-state index contributed by atoms with van der Waals surface area (Å²) >= 11 is 25.2. The number of carbonyl (C=O) groups excluding carboxylic acids is 1. The van der Waals surface area contributed by atoms with Crippen LogP contribution in [0.4, 0.5) is 0 Å². The van der Waals surface area contributed by atoms with E-state index in [4.69, 9.17) is 50.8 Å². The van der Waals surface area contributed by atoms with Crippen LogP contribution in [0, 0.1) is 0 Å². The third kappa shape index (κ3) is 6.59. The number of furan rings is 1. The van der Waals surface area contributed by atoms with Crippen LogP contribution in [0.25, 0.3) is 11.3 Å². The number of aliphatic hydroxyl groups excluding tert-OH is 1. The highest BCUT2D eigenvalue weighted by Gasteiger charge is 2.34. The number of hydrogen-bond donors (Lipinski definition) is 3. The van der Waals surface area contributed by atoms with Crippen molar-refractivity contribution in [2.24, 2.45) is 7.05 Å². The predicted molar refractivity (Wildman–Crippen MR) is 154 cm³/mol. The number of benzene rings is 1. The first-order chi connectivity index (χ1) is 18.7. The predicted octanol–water partition coefficient (Wildman–Crippen LogP) is 5.38. The minimum absolute atomic E-state index is 0.00154. The fourth-order valence-corrected chi connectivity index (χ4v) is 6.44. The third-order valence-electron chi connectivity index (χ3n) is 7.67. The molecule has 2 aliphatic rings. The van der Waals surface area contributed by atoms with Crippen molar-refractivity contribution in [1.82, 2.24) is 25.3 Å². The molecule has 39 heavy (non-hydrogen) atoms. The van der Waals surface area contributed by atoms with Crippen molar-refractivity contribution in [3.05, 3.63) is 62.1 Å². The SMILES string of the molecule is Cn1ncc(Cl)c1-c1cc(C(=O)N[C@@H]2CNC(CCN3CCCC(O)C3)C[C@H]2c2ccc(Cl)c(Cl)c2)oc1Cl. The number of halogens is 4. The second kappa shape index (κ2) is 12.4. The average Bonchev–Trinajstić information content (AvgIpc) is 3.45. The Balaban J connectivity index is 1.31. The van der Waals surface area contributed by atoms with Gasteiger partial charge in [0.05, 0.1) is 38.6 Å². The van der Waals surface area contributed by atoms with E-state index in [1.54, 1.807) is 23.9 Å². The lowest BCUT2D eigenvalue weighted by atomic mass is 9.81. The third-order valence-corrected chi connectivity index (χ3v) is 8.97. The molecule has 3 N–H and O–H groups in total. The first kappa shape index (κ1) is 28.7. The minimum Gasteiger partial charge on any atom is -0.439 e. The molecule has 8 nitrogen and oxygen atoms in total. The second-order valence-electron chi connectivity index (χ2n) is 10.3. The summed E-state index contributed by atoms with van der Waals surface area (Å²) in [6.07, 6.45) is 4.90. The zero-order chi connectivity index (χ0) is 27.7. The standard InChI is InChI=1S/C27H31Cl4N5O3/c1-35-25(22(30)12-33-35)19-11-24(39-26(19)31)27(38)34-23-13-32-16(6-8-36-7-2-3-17(37)14-36)10-18(23)15-4-5-20(28)21(29)9-15/h4-5,9,11-12,16-18,23,32,37H,2-3,6-8,10,13-14H2,1H3,(H,34,38)/t16?,17?,18-,23+/m0/s1. The fraction of sp³-hybridized carbons (Fsp3) is 0.481. The maximum absolute atomic E-state index is 13.3. The summed E-state index contributed by atoms with van der Waals surface area (Å²) in [6.45, 7) is 3.21. The molecule has 0 spiro atoms. The van der Waals surface area contributed by atoms with Crippen molar-refractivity contribution in [3.8, 4) is 11.3 Å². The van der Waals surface area contributed by atoms with Gasteiger partial charge in [0.15, 0.2) is 5.76 Å². The molecule has 210 valence electrons. The molecule has 2 fully saturated rings. The van der Waals surface area contributed by atoms with Crippen LogP contribution in [0.2, 0.25) is 20.3 Å². The van der Waals surface area contributed by atoms with Gasteiger partial charge in [-0.05, 0) is 68.1 Å². The molecule has 4 heterocycles. The van der Waals surface area contributed by atoms with E-state index in [0.29, 0.717) is 32.9 Å².